The van der Waals surface area contributed by atoms with Crippen molar-refractivity contribution < 1.29 is 4.74 Å². The predicted molar refractivity (Wildman–Crippen MR) is 68.3 cm³/mol. The van der Waals surface area contributed by atoms with Gasteiger partial charge in [-0.3, -0.25) is 5.41 Å². The van der Waals surface area contributed by atoms with Crippen LogP contribution in [0.25, 0.3) is 0 Å². The molecule has 0 atom stereocenters. The van der Waals surface area contributed by atoms with Crippen LogP contribution in [0.5, 0.6) is 5.75 Å². The van der Waals surface area contributed by atoms with Gasteiger partial charge >= 0.3 is 0 Å². The second kappa shape index (κ2) is 5.71. The van der Waals surface area contributed by atoms with E-state index in [-0.39, 0.29) is 0 Å². The maximum Gasteiger partial charge on any atom is 0.118 e. The molecule has 0 radical (unpaired) electrons. The molecule has 1 aromatic carbocycles. The maximum atomic E-state index is 7.99. The van der Waals surface area contributed by atoms with Crippen molar-refractivity contribution in [3.63, 3.8) is 0 Å². The second-order valence-electron chi connectivity index (χ2n) is 3.17. The van der Waals surface area contributed by atoms with Gasteiger partial charge in [0.2, 0.25) is 0 Å². The zero-order chi connectivity index (χ0) is 12.0. The average Bonchev–Trinajstić information content (AvgIpc) is 2.35. The van der Waals surface area contributed by atoms with Crippen LogP contribution in [0.3, 0.4) is 0 Å². The highest BCUT2D eigenvalue weighted by Crippen LogP contribution is 2.15. The van der Waals surface area contributed by atoms with Crippen LogP contribution in [0.2, 0.25) is 0 Å². The third kappa shape index (κ3) is 2.70. The van der Waals surface area contributed by atoms with Crippen LogP contribution in [0, 0.1) is 5.41 Å². The molecule has 0 bridgehead atoms. The molecule has 0 saturated carbocycles. The number of benzene rings is 1. The van der Waals surface area contributed by atoms with E-state index in [9.17, 15) is 0 Å². The van der Waals surface area contributed by atoms with Crippen molar-refractivity contribution in [3.05, 3.63) is 66.8 Å². The maximum absolute atomic E-state index is 7.99. The predicted octanol–water partition coefficient (Wildman–Crippen LogP) is 3.36. The Morgan fingerprint density at radius 1 is 1.25 bits per heavy atom. The lowest BCUT2D eigenvalue weighted by atomic mass is 10.0. The van der Waals surface area contributed by atoms with Crippen molar-refractivity contribution in [2.45, 2.75) is 0 Å². The Kier molecular flexibility index (Phi) is 4.28. The van der Waals surface area contributed by atoms with Crippen LogP contribution in [-0.4, -0.2) is 12.8 Å². The summed E-state index contributed by atoms with van der Waals surface area (Å²) in [4.78, 5) is 0. The molecule has 0 aliphatic rings. The van der Waals surface area contributed by atoms with Crippen LogP contribution in [-0.2, 0) is 0 Å². The average molecular weight is 213 g/mol. The van der Waals surface area contributed by atoms with Gasteiger partial charge in [-0.05, 0) is 29.8 Å². The first-order chi connectivity index (χ1) is 7.72. The fourth-order valence-corrected chi connectivity index (χ4v) is 1.30. The van der Waals surface area contributed by atoms with Crippen molar-refractivity contribution in [2.24, 2.45) is 0 Å². The van der Waals surface area contributed by atoms with Crippen LogP contribution < -0.4 is 4.74 Å². The highest BCUT2D eigenvalue weighted by Gasteiger charge is 2.04. The molecule has 0 unspecified atom stereocenters. The van der Waals surface area contributed by atoms with E-state index in [1.165, 1.54) is 0 Å². The molecule has 2 heteroatoms. The normalized spacial score (nSPS) is 10.7. The first-order valence-corrected chi connectivity index (χ1v) is 4.91. The van der Waals surface area contributed by atoms with Gasteiger partial charge in [-0.15, -0.1) is 0 Å². The summed E-state index contributed by atoms with van der Waals surface area (Å²) in [5.41, 5.74) is 2.01. The monoisotopic (exact) mass is 213 g/mol. The second-order valence-corrected chi connectivity index (χ2v) is 3.17. The van der Waals surface area contributed by atoms with Gasteiger partial charge in [0.05, 0.1) is 12.8 Å². The molecule has 0 heterocycles. The minimum Gasteiger partial charge on any atom is -0.497 e. The van der Waals surface area contributed by atoms with Gasteiger partial charge < -0.3 is 4.74 Å². The Morgan fingerprint density at radius 3 is 2.31 bits per heavy atom. The van der Waals surface area contributed by atoms with Crippen molar-refractivity contribution >= 4 is 5.71 Å². The van der Waals surface area contributed by atoms with E-state index in [0.29, 0.717) is 5.71 Å². The summed E-state index contributed by atoms with van der Waals surface area (Å²) in [5, 5.41) is 7.99. The summed E-state index contributed by atoms with van der Waals surface area (Å²) in [5.74, 6) is 0.782. The molecule has 2 nitrogen and oxygen atoms in total. The summed E-state index contributed by atoms with van der Waals surface area (Å²) in [7, 11) is 1.62. The number of nitrogens with one attached hydrogen (secondary N) is 1. The zero-order valence-electron chi connectivity index (χ0n) is 9.36. The molecular weight excluding hydrogens is 198 g/mol. The van der Waals surface area contributed by atoms with Gasteiger partial charge in [-0.1, -0.05) is 31.4 Å². The molecule has 16 heavy (non-hydrogen) atoms. The van der Waals surface area contributed by atoms with E-state index < -0.39 is 0 Å². The highest BCUT2D eigenvalue weighted by atomic mass is 16.5. The lowest BCUT2D eigenvalue weighted by Gasteiger charge is -2.05. The minimum absolute atomic E-state index is 0.428. The van der Waals surface area contributed by atoms with Crippen molar-refractivity contribution in [3.8, 4) is 5.75 Å². The minimum atomic E-state index is 0.428. The summed E-state index contributed by atoms with van der Waals surface area (Å²) < 4.78 is 5.06. The molecule has 1 aromatic rings. The van der Waals surface area contributed by atoms with Gasteiger partial charge in [0.25, 0.3) is 0 Å². The number of hydrogen-bond acceptors (Lipinski definition) is 2. The number of hydrogen-bond donors (Lipinski definition) is 1. The summed E-state index contributed by atoms with van der Waals surface area (Å²) in [6.45, 7) is 7.29. The number of allylic oxidation sites excluding steroid dienone is 4. The van der Waals surface area contributed by atoms with Crippen LogP contribution in [0.15, 0.2) is 61.2 Å². The lowest BCUT2D eigenvalue weighted by Crippen LogP contribution is -2.01. The van der Waals surface area contributed by atoms with Crippen molar-refractivity contribution in [1.82, 2.24) is 0 Å². The number of rotatable bonds is 5. The first kappa shape index (κ1) is 12.0. The Bertz CT molecular complexity index is 427. The molecule has 0 aliphatic heterocycles. The van der Waals surface area contributed by atoms with Gasteiger partial charge in [0, 0.05) is 5.56 Å². The fraction of sp³-hybridized carbons (Fsp3) is 0.0714. The van der Waals surface area contributed by atoms with E-state index in [1.807, 2.05) is 24.3 Å². The molecule has 82 valence electrons. The molecule has 0 amide bonds. The molecule has 1 N–H and O–H groups in total. The third-order valence-electron chi connectivity index (χ3n) is 2.18. The van der Waals surface area contributed by atoms with Crippen molar-refractivity contribution in [1.29, 1.82) is 5.41 Å². The molecular formula is C14H15NO. The van der Waals surface area contributed by atoms with E-state index in [4.69, 9.17) is 10.1 Å². The van der Waals surface area contributed by atoms with Crippen LogP contribution in [0.1, 0.15) is 5.56 Å². The Morgan fingerprint density at radius 2 is 1.88 bits per heavy atom. The molecule has 1 rings (SSSR count). The van der Waals surface area contributed by atoms with Gasteiger partial charge in [-0.25, -0.2) is 0 Å². The summed E-state index contributed by atoms with van der Waals surface area (Å²) >= 11 is 0. The topological polar surface area (TPSA) is 33.1 Å². The number of methoxy groups -OCH3 is 1. The first-order valence-electron chi connectivity index (χ1n) is 4.91. The Balaban J connectivity index is 2.99. The van der Waals surface area contributed by atoms with Gasteiger partial charge in [0.1, 0.15) is 5.75 Å². The van der Waals surface area contributed by atoms with E-state index in [0.717, 1.165) is 16.9 Å². The molecule has 0 fully saturated rings. The lowest BCUT2D eigenvalue weighted by molar-refractivity contribution is 0.415. The fourth-order valence-electron chi connectivity index (χ4n) is 1.30. The molecule has 0 saturated heterocycles. The summed E-state index contributed by atoms with van der Waals surface area (Å²) in [6.07, 6.45) is 5.06. The zero-order valence-corrected chi connectivity index (χ0v) is 9.36. The third-order valence-corrected chi connectivity index (χ3v) is 2.18. The quantitative estimate of drug-likeness (QED) is 0.590. The Labute approximate surface area is 96.1 Å². The molecule has 0 aromatic heterocycles. The number of ether oxygens (including phenoxy) is 1. The van der Waals surface area contributed by atoms with Gasteiger partial charge in [0.15, 0.2) is 0 Å². The SMILES string of the molecule is C=C/C=C(\C=C)C(=N)c1ccc(OC)cc1. The largest absolute Gasteiger partial charge is 0.497 e. The van der Waals surface area contributed by atoms with Crippen LogP contribution >= 0.6 is 0 Å². The summed E-state index contributed by atoms with van der Waals surface area (Å²) in [6, 6.07) is 7.36. The highest BCUT2D eigenvalue weighted by molar-refractivity contribution is 6.12. The standard InChI is InChI=1S/C14H15NO/c1-4-6-11(5-2)14(15)12-7-9-13(16-3)10-8-12/h4-10,15H,1-2H2,3H3/b11-6+,15-14?. The smallest absolute Gasteiger partial charge is 0.118 e. The van der Waals surface area contributed by atoms with Gasteiger partial charge in [-0.2, -0.15) is 0 Å². The van der Waals surface area contributed by atoms with Crippen LogP contribution in [0.4, 0.5) is 0 Å². The van der Waals surface area contributed by atoms with E-state index in [2.05, 4.69) is 13.2 Å². The molecule has 0 aliphatic carbocycles. The van der Waals surface area contributed by atoms with Crippen molar-refractivity contribution in [2.75, 3.05) is 7.11 Å². The Hall–Kier alpha value is -2.09. The van der Waals surface area contributed by atoms with E-state index in [1.54, 1.807) is 25.3 Å². The van der Waals surface area contributed by atoms with E-state index >= 15 is 0 Å². The molecule has 0 spiro atoms.